The molecule has 2 atom stereocenters. The molecule has 0 spiro atoms. The van der Waals surface area contributed by atoms with Crippen LogP contribution in [0.15, 0.2) is 46.2 Å². The van der Waals surface area contributed by atoms with Gasteiger partial charge in [0.25, 0.3) is 5.56 Å². The first-order valence-electron chi connectivity index (χ1n) is 10.7. The van der Waals surface area contributed by atoms with Gasteiger partial charge >= 0.3 is 11.7 Å². The lowest BCUT2D eigenvalue weighted by Gasteiger charge is -2.22. The van der Waals surface area contributed by atoms with Gasteiger partial charge in [0.15, 0.2) is 5.52 Å². The van der Waals surface area contributed by atoms with E-state index >= 15 is 0 Å². The smallest absolute Gasteiger partial charge is 0.332 e. The molecular weight excluding hydrogens is 408 g/mol. The third-order valence-corrected chi connectivity index (χ3v) is 6.12. The molecule has 1 aromatic carbocycles. The van der Waals surface area contributed by atoms with Crippen molar-refractivity contribution in [2.24, 2.45) is 0 Å². The molecule has 166 valence electrons. The summed E-state index contributed by atoms with van der Waals surface area (Å²) in [4.78, 5) is 45.8. The zero-order valence-electron chi connectivity index (χ0n) is 18.5. The summed E-state index contributed by atoms with van der Waals surface area (Å²) in [5.74, 6) is -1.06. The van der Waals surface area contributed by atoms with Gasteiger partial charge in [-0.25, -0.2) is 9.78 Å². The highest BCUT2D eigenvalue weighted by Gasteiger charge is 2.25. The molecule has 0 fully saturated rings. The van der Waals surface area contributed by atoms with Crippen molar-refractivity contribution in [2.75, 3.05) is 0 Å². The molecule has 8 nitrogen and oxygen atoms in total. The second-order valence-electron chi connectivity index (χ2n) is 8.28. The van der Waals surface area contributed by atoms with Crippen molar-refractivity contribution < 1.29 is 9.90 Å². The van der Waals surface area contributed by atoms with E-state index in [1.807, 2.05) is 27.0 Å². The maximum Gasteiger partial charge on any atom is 0.332 e. The number of aliphatic carboxylic acids is 1. The lowest BCUT2D eigenvalue weighted by molar-refractivity contribution is -0.138. The molecule has 0 aliphatic heterocycles. The molecule has 3 heterocycles. The number of benzene rings is 1. The Morgan fingerprint density at radius 2 is 1.97 bits per heavy atom. The van der Waals surface area contributed by atoms with Crippen molar-refractivity contribution in [3.63, 3.8) is 0 Å². The van der Waals surface area contributed by atoms with Crippen molar-refractivity contribution in [3.8, 4) is 0 Å². The van der Waals surface area contributed by atoms with Gasteiger partial charge in [-0.1, -0.05) is 13.0 Å². The highest BCUT2D eigenvalue weighted by molar-refractivity contribution is 5.88. The van der Waals surface area contributed by atoms with Gasteiger partial charge in [-0.2, -0.15) is 0 Å². The molecule has 3 aromatic heterocycles. The van der Waals surface area contributed by atoms with Gasteiger partial charge in [0.05, 0.1) is 24.0 Å². The van der Waals surface area contributed by atoms with Crippen LogP contribution in [0.2, 0.25) is 0 Å². The molecule has 1 unspecified atom stereocenters. The Morgan fingerprint density at radius 3 is 2.66 bits per heavy atom. The van der Waals surface area contributed by atoms with Crippen LogP contribution in [0.4, 0.5) is 0 Å². The number of rotatable bonds is 6. The third-order valence-electron chi connectivity index (χ3n) is 6.12. The van der Waals surface area contributed by atoms with Gasteiger partial charge in [-0.3, -0.25) is 18.7 Å². The minimum absolute atomic E-state index is 0.148. The zero-order valence-corrected chi connectivity index (χ0v) is 18.5. The molecule has 0 aliphatic rings. The number of aromatic nitrogens is 4. The summed E-state index contributed by atoms with van der Waals surface area (Å²) in [6, 6.07) is 6.36. The first-order valence-corrected chi connectivity index (χ1v) is 10.7. The Morgan fingerprint density at radius 1 is 1.22 bits per heavy atom. The number of pyridine rings is 1. The maximum atomic E-state index is 13.7. The molecule has 0 bridgehead atoms. The number of hydrogen-bond acceptors (Lipinski definition) is 4. The van der Waals surface area contributed by atoms with E-state index in [2.05, 4.69) is 22.1 Å². The normalized spacial score (nSPS) is 13.5. The fraction of sp³-hybridized carbons (Fsp3) is 0.333. The summed E-state index contributed by atoms with van der Waals surface area (Å²) >= 11 is 0. The average molecular weight is 434 g/mol. The number of carboxylic acids is 1. The van der Waals surface area contributed by atoms with Gasteiger partial charge in [-0.15, -0.1) is 0 Å². The Kier molecular flexibility index (Phi) is 5.46. The Labute approximate surface area is 184 Å². The topological polar surface area (TPSA) is 110 Å². The second kappa shape index (κ2) is 8.11. The lowest BCUT2D eigenvalue weighted by Crippen LogP contribution is -2.44. The summed E-state index contributed by atoms with van der Waals surface area (Å²) in [5.41, 5.74) is 3.60. The predicted molar refractivity (Wildman–Crippen MR) is 123 cm³/mol. The molecule has 8 heteroatoms. The average Bonchev–Trinajstić information content (AvgIpc) is 3.17. The zero-order chi connectivity index (χ0) is 23.2. The number of hydrogen-bond donors (Lipinski definition) is 2. The molecule has 0 saturated heterocycles. The van der Waals surface area contributed by atoms with Crippen molar-refractivity contribution in [1.82, 2.24) is 19.1 Å². The largest absolute Gasteiger partial charge is 0.481 e. The van der Waals surface area contributed by atoms with E-state index in [0.29, 0.717) is 11.9 Å². The number of aryl methyl sites for hydroxylation is 2. The molecule has 0 radical (unpaired) electrons. The highest BCUT2D eigenvalue weighted by Crippen LogP contribution is 2.31. The van der Waals surface area contributed by atoms with Crippen LogP contribution in [-0.2, 0) is 4.79 Å². The third kappa shape index (κ3) is 3.41. The second-order valence-corrected chi connectivity index (χ2v) is 8.28. The SMILES string of the molecule is CCC(CC(=O)O)n1c(=O)c2ncccc2n([C@H](C)c2c[nH]c3cc(C)cc(C)c23)c1=O. The van der Waals surface area contributed by atoms with Gasteiger partial charge in [0, 0.05) is 28.9 Å². The quantitative estimate of drug-likeness (QED) is 0.481. The van der Waals surface area contributed by atoms with Crippen molar-refractivity contribution >= 4 is 27.9 Å². The molecule has 0 aliphatic carbocycles. The number of aromatic amines is 1. The van der Waals surface area contributed by atoms with E-state index in [4.69, 9.17) is 0 Å². The molecule has 4 rings (SSSR count). The molecule has 32 heavy (non-hydrogen) atoms. The van der Waals surface area contributed by atoms with Crippen LogP contribution in [0.1, 0.15) is 55.5 Å². The maximum absolute atomic E-state index is 13.7. The summed E-state index contributed by atoms with van der Waals surface area (Å²) in [6.07, 6.45) is 3.41. The highest BCUT2D eigenvalue weighted by atomic mass is 16.4. The Balaban J connectivity index is 2.04. The minimum atomic E-state index is -1.06. The minimum Gasteiger partial charge on any atom is -0.481 e. The van der Waals surface area contributed by atoms with Crippen LogP contribution in [0, 0.1) is 13.8 Å². The summed E-state index contributed by atoms with van der Waals surface area (Å²) in [7, 11) is 0. The molecule has 2 N–H and O–H groups in total. The van der Waals surface area contributed by atoms with E-state index in [1.165, 1.54) is 6.20 Å². The van der Waals surface area contributed by atoms with Crippen LogP contribution in [0.3, 0.4) is 0 Å². The Hall–Kier alpha value is -3.68. The number of nitrogens with one attached hydrogen (secondary N) is 1. The molecule has 4 aromatic rings. The Bertz CT molecular complexity index is 1460. The van der Waals surface area contributed by atoms with Crippen LogP contribution < -0.4 is 11.2 Å². The first kappa shape index (κ1) is 21.5. The monoisotopic (exact) mass is 434 g/mol. The summed E-state index contributed by atoms with van der Waals surface area (Å²) < 4.78 is 2.61. The standard InChI is InChI=1S/C24H26N4O4/c1-5-16(11-20(29)30)28-23(31)22-19(7-6-8-25-22)27(24(28)32)15(4)17-12-26-18-10-13(2)9-14(3)21(17)18/h6-10,12,15-16,26H,5,11H2,1-4H3,(H,29,30)/t15-,16?/m1/s1. The number of H-pyrrole nitrogens is 1. The van der Waals surface area contributed by atoms with Crippen LogP contribution >= 0.6 is 0 Å². The van der Waals surface area contributed by atoms with E-state index in [9.17, 15) is 19.5 Å². The van der Waals surface area contributed by atoms with Gasteiger partial charge in [0.2, 0.25) is 0 Å². The molecule has 0 saturated carbocycles. The predicted octanol–water partition coefficient (Wildman–Crippen LogP) is 3.69. The molecular formula is C24H26N4O4. The lowest BCUT2D eigenvalue weighted by atomic mass is 10.0. The van der Waals surface area contributed by atoms with Crippen molar-refractivity contribution in [2.45, 2.75) is 52.6 Å². The number of carboxylic acid groups (broad SMARTS) is 1. The van der Waals surface area contributed by atoms with Crippen molar-refractivity contribution in [3.05, 3.63) is 74.2 Å². The fourth-order valence-corrected chi connectivity index (χ4v) is 4.65. The summed E-state index contributed by atoms with van der Waals surface area (Å²) in [5, 5.41) is 10.4. The van der Waals surface area contributed by atoms with Gasteiger partial charge in [0.1, 0.15) is 0 Å². The summed E-state index contributed by atoms with van der Waals surface area (Å²) in [6.45, 7) is 7.73. The first-order chi connectivity index (χ1) is 15.2. The van der Waals surface area contributed by atoms with E-state index < -0.39 is 29.3 Å². The van der Waals surface area contributed by atoms with E-state index in [-0.39, 0.29) is 11.9 Å². The van der Waals surface area contributed by atoms with Crippen molar-refractivity contribution in [1.29, 1.82) is 0 Å². The van der Waals surface area contributed by atoms with Crippen LogP contribution in [-0.4, -0.2) is 30.2 Å². The van der Waals surface area contributed by atoms with E-state index in [0.717, 1.165) is 32.2 Å². The number of carbonyl (C=O) groups is 1. The van der Waals surface area contributed by atoms with Gasteiger partial charge < -0.3 is 10.1 Å². The fourth-order valence-electron chi connectivity index (χ4n) is 4.65. The molecule has 0 amide bonds. The van der Waals surface area contributed by atoms with Crippen LogP contribution in [0.25, 0.3) is 21.9 Å². The number of nitrogens with zero attached hydrogens (tertiary/aromatic N) is 3. The van der Waals surface area contributed by atoms with Crippen LogP contribution in [0.5, 0.6) is 0 Å². The van der Waals surface area contributed by atoms with E-state index in [1.54, 1.807) is 23.6 Å². The van der Waals surface area contributed by atoms with Gasteiger partial charge in [-0.05, 0) is 56.5 Å². The number of fused-ring (bicyclic) bond motifs is 2.